The zero-order chi connectivity index (χ0) is 25.4. The maximum Gasteiger partial charge on any atom is 0.410 e. The van der Waals surface area contributed by atoms with E-state index in [1.165, 1.54) is 12.4 Å². The lowest BCUT2D eigenvalue weighted by Crippen LogP contribution is -2.36. The fourth-order valence-corrected chi connectivity index (χ4v) is 4.00. The molecule has 1 saturated carbocycles. The lowest BCUT2D eigenvalue weighted by Gasteiger charge is -2.24. The third kappa shape index (κ3) is 5.53. The second kappa shape index (κ2) is 9.57. The third-order valence-corrected chi connectivity index (χ3v) is 6.00. The van der Waals surface area contributed by atoms with E-state index in [4.69, 9.17) is 25.8 Å². The van der Waals surface area contributed by atoms with Gasteiger partial charge in [0, 0.05) is 19.0 Å². The number of likely N-dealkylation sites (tertiary alicyclic amines) is 1. The van der Waals surface area contributed by atoms with E-state index in [2.05, 4.69) is 20.3 Å². The van der Waals surface area contributed by atoms with Crippen molar-refractivity contribution in [1.29, 1.82) is 0 Å². The van der Waals surface area contributed by atoms with Crippen LogP contribution < -0.4 is 14.8 Å². The Bertz CT molecular complexity index is 1300. The van der Waals surface area contributed by atoms with E-state index in [1.807, 2.05) is 20.8 Å². The van der Waals surface area contributed by atoms with E-state index < -0.39 is 11.4 Å². The average Bonchev–Trinajstić information content (AvgIpc) is 3.52. The summed E-state index contributed by atoms with van der Waals surface area (Å²) in [5, 5.41) is 3.08. The van der Waals surface area contributed by atoms with Gasteiger partial charge in [0.15, 0.2) is 11.6 Å². The summed E-state index contributed by atoms with van der Waals surface area (Å²) in [6.45, 7) is 6.45. The summed E-state index contributed by atoms with van der Waals surface area (Å²) in [5.74, 6) is 0.460. The monoisotopic (exact) mass is 515 g/mol. The van der Waals surface area contributed by atoms with Gasteiger partial charge in [-0.05, 0) is 51.8 Å². The zero-order valence-electron chi connectivity index (χ0n) is 20.3. The number of hydrogen-bond donors (Lipinski definition) is 1. The van der Waals surface area contributed by atoms with Crippen molar-refractivity contribution in [2.45, 2.75) is 57.8 Å². The summed E-state index contributed by atoms with van der Waals surface area (Å²) in [5.41, 5.74) is 0.983. The fraction of sp³-hybridized carbons (Fsp3) is 0.440. The van der Waals surface area contributed by atoms with Crippen molar-refractivity contribution in [3.63, 3.8) is 0 Å². The number of halogens is 2. The van der Waals surface area contributed by atoms with E-state index in [0.717, 1.165) is 12.8 Å². The minimum Gasteiger partial charge on any atom is -0.487 e. The van der Waals surface area contributed by atoms with Crippen LogP contribution in [-0.4, -0.2) is 56.8 Å². The highest BCUT2D eigenvalue weighted by Crippen LogP contribution is 2.40. The predicted molar refractivity (Wildman–Crippen MR) is 133 cm³/mol. The summed E-state index contributed by atoms with van der Waals surface area (Å²) in [6.07, 6.45) is 3.31. The number of aromatic nitrogens is 3. The Morgan fingerprint density at radius 3 is 2.67 bits per heavy atom. The SMILES string of the molecule is CC(C)(C)OC(=O)N1CC[C@H](Oc2ccc3ncnc(Nc4ccc(F)c(Cl)c4OC4CC4)c3n2)C1. The van der Waals surface area contributed by atoms with Gasteiger partial charge in [-0.2, -0.15) is 0 Å². The molecule has 1 atom stereocenters. The lowest BCUT2D eigenvalue weighted by atomic mass is 10.2. The van der Waals surface area contributed by atoms with Gasteiger partial charge in [-0.3, -0.25) is 0 Å². The van der Waals surface area contributed by atoms with Crippen molar-refractivity contribution in [1.82, 2.24) is 19.9 Å². The Kier molecular flexibility index (Phi) is 6.46. The van der Waals surface area contributed by atoms with Crippen molar-refractivity contribution in [3.8, 4) is 11.6 Å². The van der Waals surface area contributed by atoms with Gasteiger partial charge in [0.2, 0.25) is 5.88 Å². The summed E-state index contributed by atoms with van der Waals surface area (Å²) >= 11 is 6.20. The molecule has 0 bridgehead atoms. The number of nitrogens with one attached hydrogen (secondary N) is 1. The molecular weight excluding hydrogens is 489 g/mol. The van der Waals surface area contributed by atoms with Crippen molar-refractivity contribution in [3.05, 3.63) is 41.4 Å². The van der Waals surface area contributed by atoms with Crippen molar-refractivity contribution in [2.75, 3.05) is 18.4 Å². The van der Waals surface area contributed by atoms with Gasteiger partial charge in [0.25, 0.3) is 0 Å². The molecule has 2 aromatic heterocycles. The second-order valence-corrected chi connectivity index (χ2v) is 10.3. The van der Waals surface area contributed by atoms with E-state index in [0.29, 0.717) is 47.9 Å². The molecule has 1 aliphatic heterocycles. The Morgan fingerprint density at radius 2 is 1.92 bits per heavy atom. The Morgan fingerprint density at radius 1 is 1.11 bits per heavy atom. The topological polar surface area (TPSA) is 98.7 Å². The first-order valence-electron chi connectivity index (χ1n) is 11.8. The van der Waals surface area contributed by atoms with E-state index in [-0.39, 0.29) is 29.1 Å². The first-order chi connectivity index (χ1) is 17.2. The number of fused-ring (bicyclic) bond motifs is 1. The van der Waals surface area contributed by atoms with Gasteiger partial charge in [0.1, 0.15) is 34.4 Å². The van der Waals surface area contributed by atoms with Crippen LogP contribution in [0.1, 0.15) is 40.0 Å². The molecule has 2 fully saturated rings. The number of anilines is 2. The van der Waals surface area contributed by atoms with E-state index >= 15 is 0 Å². The maximum absolute atomic E-state index is 14.1. The summed E-state index contributed by atoms with van der Waals surface area (Å²) in [6, 6.07) is 6.33. The number of carbonyl (C=O) groups is 1. The van der Waals surface area contributed by atoms with Gasteiger partial charge >= 0.3 is 6.09 Å². The van der Waals surface area contributed by atoms with Gasteiger partial charge in [-0.25, -0.2) is 24.1 Å². The normalized spacial score (nSPS) is 17.8. The number of nitrogens with zero attached hydrogens (tertiary/aromatic N) is 4. The third-order valence-electron chi connectivity index (χ3n) is 5.65. The molecule has 0 radical (unpaired) electrons. The second-order valence-electron chi connectivity index (χ2n) is 9.87. The largest absolute Gasteiger partial charge is 0.487 e. The minimum atomic E-state index is -0.559. The molecule has 36 heavy (non-hydrogen) atoms. The molecular formula is C25H27ClFN5O4. The van der Waals surface area contributed by atoms with Crippen LogP contribution in [0.15, 0.2) is 30.6 Å². The highest BCUT2D eigenvalue weighted by molar-refractivity contribution is 6.32. The molecule has 2 aliphatic rings. The van der Waals surface area contributed by atoms with Crippen LogP contribution in [0, 0.1) is 5.82 Å². The predicted octanol–water partition coefficient (Wildman–Crippen LogP) is 5.49. The standard InChI is InChI=1S/C25H27ClFN5O4/c1-25(2,3)36-24(33)32-11-10-15(12-32)34-19-9-8-17-21(31-19)23(29-13-28-17)30-18-7-6-16(27)20(26)22(18)35-14-4-5-14/h6-9,13-15H,4-5,10-12H2,1-3H3,(H,28,29,30)/t15-/m0/s1. The molecule has 3 aromatic rings. The molecule has 1 N–H and O–H groups in total. The molecule has 5 rings (SSSR count). The van der Waals surface area contributed by atoms with Crippen LogP contribution in [0.4, 0.5) is 20.7 Å². The first kappa shape index (κ1) is 24.3. The van der Waals surface area contributed by atoms with Gasteiger partial charge in [0.05, 0.1) is 23.9 Å². The number of hydrogen-bond acceptors (Lipinski definition) is 8. The zero-order valence-corrected chi connectivity index (χ0v) is 21.0. The number of rotatable bonds is 6. The molecule has 1 amide bonds. The molecule has 11 heteroatoms. The number of amides is 1. The van der Waals surface area contributed by atoms with Gasteiger partial charge in [-0.1, -0.05) is 11.6 Å². The molecule has 190 valence electrons. The lowest BCUT2D eigenvalue weighted by molar-refractivity contribution is 0.0275. The summed E-state index contributed by atoms with van der Waals surface area (Å²) in [7, 11) is 0. The van der Waals surface area contributed by atoms with Crippen LogP contribution in [0.2, 0.25) is 5.02 Å². The summed E-state index contributed by atoms with van der Waals surface area (Å²) < 4.78 is 31.5. The molecule has 0 spiro atoms. The average molecular weight is 516 g/mol. The van der Waals surface area contributed by atoms with E-state index in [9.17, 15) is 9.18 Å². The van der Waals surface area contributed by atoms with Crippen molar-refractivity contribution in [2.24, 2.45) is 0 Å². The van der Waals surface area contributed by atoms with Crippen LogP contribution in [0.3, 0.4) is 0 Å². The molecule has 1 aromatic carbocycles. The van der Waals surface area contributed by atoms with Gasteiger partial charge < -0.3 is 24.4 Å². The molecule has 3 heterocycles. The first-order valence-corrected chi connectivity index (χ1v) is 12.2. The Balaban J connectivity index is 1.35. The van der Waals surface area contributed by atoms with Crippen molar-refractivity contribution >= 4 is 40.2 Å². The Hall–Kier alpha value is -3.40. The van der Waals surface area contributed by atoms with Crippen LogP contribution in [0.5, 0.6) is 11.6 Å². The quantitative estimate of drug-likeness (QED) is 0.460. The number of pyridine rings is 1. The van der Waals surface area contributed by atoms with Crippen LogP contribution in [-0.2, 0) is 4.74 Å². The Labute approximate surface area is 212 Å². The van der Waals surface area contributed by atoms with Crippen LogP contribution in [0.25, 0.3) is 11.0 Å². The number of carbonyl (C=O) groups excluding carboxylic acids is 1. The van der Waals surface area contributed by atoms with Gasteiger partial charge in [-0.15, -0.1) is 0 Å². The number of benzene rings is 1. The number of ether oxygens (including phenoxy) is 3. The summed E-state index contributed by atoms with van der Waals surface area (Å²) in [4.78, 5) is 27.2. The molecule has 0 unspecified atom stereocenters. The maximum atomic E-state index is 14.1. The minimum absolute atomic E-state index is 0.0248. The van der Waals surface area contributed by atoms with Crippen LogP contribution >= 0.6 is 11.6 Å². The van der Waals surface area contributed by atoms with Crippen molar-refractivity contribution < 1.29 is 23.4 Å². The molecule has 1 saturated heterocycles. The fourth-order valence-electron chi connectivity index (χ4n) is 3.79. The highest BCUT2D eigenvalue weighted by atomic mass is 35.5. The molecule has 1 aliphatic carbocycles. The molecule has 9 nitrogen and oxygen atoms in total. The van der Waals surface area contributed by atoms with E-state index in [1.54, 1.807) is 23.1 Å². The highest BCUT2D eigenvalue weighted by Gasteiger charge is 2.31. The smallest absolute Gasteiger partial charge is 0.410 e.